The van der Waals surface area contributed by atoms with E-state index >= 15 is 0 Å². The largest absolute Gasteiger partial charge is 0.481 e. The first kappa shape index (κ1) is 14.4. The summed E-state index contributed by atoms with van der Waals surface area (Å²) in [5.74, 6) is 0.894. The van der Waals surface area contributed by atoms with Crippen molar-refractivity contribution >= 4 is 17.2 Å². The van der Waals surface area contributed by atoms with Crippen LogP contribution in [0.2, 0.25) is 0 Å². The number of nitrogens with zero attached hydrogens (tertiary/aromatic N) is 1. The fourth-order valence-electron chi connectivity index (χ4n) is 2.58. The number of hydrogen-bond acceptors (Lipinski definition) is 3. The van der Waals surface area contributed by atoms with E-state index in [1.165, 1.54) is 0 Å². The topological polar surface area (TPSA) is 41.6 Å². The SMILES string of the molecule is CCC(=O)NC1=CC=CC2Oc3ccc(N(C)C)cc3C2=C1. The van der Waals surface area contributed by atoms with Crippen molar-refractivity contribution < 1.29 is 9.53 Å². The first-order valence-electron chi connectivity index (χ1n) is 7.47. The Morgan fingerprint density at radius 3 is 2.91 bits per heavy atom. The van der Waals surface area contributed by atoms with Gasteiger partial charge in [-0.15, -0.1) is 0 Å². The fourth-order valence-corrected chi connectivity index (χ4v) is 2.58. The summed E-state index contributed by atoms with van der Waals surface area (Å²) >= 11 is 0. The molecule has 0 fully saturated rings. The molecular formula is C18H20N2O2. The van der Waals surface area contributed by atoms with E-state index in [0.717, 1.165) is 28.3 Å². The number of carbonyl (C=O) groups excluding carboxylic acids is 1. The van der Waals surface area contributed by atoms with Crippen LogP contribution >= 0.6 is 0 Å². The Hall–Kier alpha value is -2.49. The third-order valence-corrected chi connectivity index (χ3v) is 3.83. The Balaban J connectivity index is 1.99. The van der Waals surface area contributed by atoms with Gasteiger partial charge in [-0.2, -0.15) is 0 Å². The lowest BCUT2D eigenvalue weighted by Crippen LogP contribution is -2.20. The summed E-state index contributed by atoms with van der Waals surface area (Å²) < 4.78 is 5.99. The van der Waals surface area contributed by atoms with E-state index in [0.29, 0.717) is 6.42 Å². The highest BCUT2D eigenvalue weighted by molar-refractivity contribution is 5.85. The number of hydrogen-bond donors (Lipinski definition) is 1. The van der Waals surface area contributed by atoms with Crippen molar-refractivity contribution in [2.75, 3.05) is 19.0 Å². The molecule has 1 atom stereocenters. The van der Waals surface area contributed by atoms with Crippen molar-refractivity contribution in [1.82, 2.24) is 5.32 Å². The average molecular weight is 296 g/mol. The molecule has 2 aliphatic rings. The second-order valence-corrected chi connectivity index (χ2v) is 5.62. The third kappa shape index (κ3) is 2.64. The van der Waals surface area contributed by atoms with Gasteiger partial charge in [-0.1, -0.05) is 13.0 Å². The predicted octanol–water partition coefficient (Wildman–Crippen LogP) is 2.88. The highest BCUT2D eigenvalue weighted by Gasteiger charge is 2.28. The number of carbonyl (C=O) groups is 1. The van der Waals surface area contributed by atoms with E-state index in [9.17, 15) is 4.79 Å². The van der Waals surface area contributed by atoms with Crippen LogP contribution in [0.25, 0.3) is 5.57 Å². The Kier molecular flexibility index (Phi) is 3.75. The van der Waals surface area contributed by atoms with Gasteiger partial charge in [0.1, 0.15) is 11.9 Å². The summed E-state index contributed by atoms with van der Waals surface area (Å²) in [5.41, 5.74) is 4.09. The third-order valence-electron chi connectivity index (χ3n) is 3.83. The van der Waals surface area contributed by atoms with Crippen LogP contribution in [0.3, 0.4) is 0 Å². The van der Waals surface area contributed by atoms with Crippen LogP contribution in [0.15, 0.2) is 48.2 Å². The molecule has 1 heterocycles. The van der Waals surface area contributed by atoms with Gasteiger partial charge in [0.15, 0.2) is 0 Å². The monoisotopic (exact) mass is 296 g/mol. The lowest BCUT2D eigenvalue weighted by molar-refractivity contribution is -0.120. The van der Waals surface area contributed by atoms with Crippen molar-refractivity contribution in [1.29, 1.82) is 0 Å². The van der Waals surface area contributed by atoms with Crippen molar-refractivity contribution in [2.45, 2.75) is 19.4 Å². The number of ether oxygens (including phenoxy) is 1. The molecule has 0 saturated carbocycles. The van der Waals surface area contributed by atoms with E-state index in [1.54, 1.807) is 0 Å². The number of benzene rings is 1. The second-order valence-electron chi connectivity index (χ2n) is 5.62. The number of fused-ring (bicyclic) bond motifs is 3. The molecule has 1 aromatic carbocycles. The van der Waals surface area contributed by atoms with Crippen molar-refractivity contribution in [3.05, 3.63) is 53.8 Å². The molecule has 4 nitrogen and oxygen atoms in total. The quantitative estimate of drug-likeness (QED) is 0.932. The molecule has 1 aliphatic carbocycles. The molecule has 1 N–H and O–H groups in total. The smallest absolute Gasteiger partial charge is 0.224 e. The number of anilines is 1. The number of nitrogens with one attached hydrogen (secondary N) is 1. The highest BCUT2D eigenvalue weighted by Crippen LogP contribution is 2.41. The molecule has 1 unspecified atom stereocenters. The number of allylic oxidation sites excluding steroid dienone is 3. The minimum Gasteiger partial charge on any atom is -0.481 e. The summed E-state index contributed by atoms with van der Waals surface area (Å²) in [7, 11) is 4.03. The van der Waals surface area contributed by atoms with Gasteiger partial charge in [0.25, 0.3) is 0 Å². The van der Waals surface area contributed by atoms with Gasteiger partial charge in [-0.25, -0.2) is 0 Å². The van der Waals surface area contributed by atoms with Crippen LogP contribution in [-0.4, -0.2) is 26.1 Å². The summed E-state index contributed by atoms with van der Waals surface area (Å²) in [6.07, 6.45) is 8.21. The lowest BCUT2D eigenvalue weighted by atomic mass is 10.0. The Bertz CT molecular complexity index is 699. The first-order chi connectivity index (χ1) is 10.6. The summed E-state index contributed by atoms with van der Waals surface area (Å²) in [6, 6.07) is 6.17. The molecule has 4 heteroatoms. The molecule has 1 aromatic rings. The van der Waals surface area contributed by atoms with E-state index in [4.69, 9.17) is 4.74 Å². The summed E-state index contributed by atoms with van der Waals surface area (Å²) in [6.45, 7) is 1.84. The van der Waals surface area contributed by atoms with Gasteiger partial charge in [-0.05, 0) is 36.4 Å². The zero-order valence-electron chi connectivity index (χ0n) is 13.1. The average Bonchev–Trinajstić information content (AvgIpc) is 2.71. The molecule has 3 rings (SSSR count). The molecule has 0 spiro atoms. The van der Waals surface area contributed by atoms with Crippen LogP contribution in [0.4, 0.5) is 5.69 Å². The second kappa shape index (κ2) is 5.72. The standard InChI is InChI=1S/C18H20N2O2/c1-4-18(21)19-12-6-5-7-16-14(10-12)15-11-13(20(2)3)8-9-17(15)22-16/h5-11,16H,4H2,1-3H3,(H,19,21). The van der Waals surface area contributed by atoms with E-state index in [-0.39, 0.29) is 12.0 Å². The van der Waals surface area contributed by atoms with Crippen LogP contribution < -0.4 is 15.0 Å². The highest BCUT2D eigenvalue weighted by atomic mass is 16.5. The fraction of sp³-hybridized carbons (Fsp3) is 0.278. The van der Waals surface area contributed by atoms with Gasteiger partial charge in [0.2, 0.25) is 5.91 Å². The van der Waals surface area contributed by atoms with Crippen molar-refractivity contribution in [3.8, 4) is 5.75 Å². The summed E-state index contributed by atoms with van der Waals surface area (Å²) in [5, 5.41) is 2.92. The van der Waals surface area contributed by atoms with E-state index < -0.39 is 0 Å². The molecule has 1 aliphatic heterocycles. The van der Waals surface area contributed by atoms with E-state index in [2.05, 4.69) is 16.3 Å². The van der Waals surface area contributed by atoms with Gasteiger partial charge in [0.05, 0.1) is 0 Å². The number of rotatable bonds is 3. The van der Waals surface area contributed by atoms with Crippen molar-refractivity contribution in [2.24, 2.45) is 0 Å². The molecule has 0 saturated heterocycles. The van der Waals surface area contributed by atoms with Crippen LogP contribution in [0, 0.1) is 0 Å². The molecule has 114 valence electrons. The molecular weight excluding hydrogens is 276 g/mol. The zero-order chi connectivity index (χ0) is 15.7. The lowest BCUT2D eigenvalue weighted by Gasteiger charge is -2.13. The zero-order valence-corrected chi connectivity index (χ0v) is 13.1. The first-order valence-corrected chi connectivity index (χ1v) is 7.47. The van der Waals surface area contributed by atoms with Crippen molar-refractivity contribution in [3.63, 3.8) is 0 Å². The maximum atomic E-state index is 11.6. The molecule has 0 radical (unpaired) electrons. The van der Waals surface area contributed by atoms with Crippen LogP contribution in [0.1, 0.15) is 18.9 Å². The Labute approximate surface area is 130 Å². The maximum absolute atomic E-state index is 11.6. The normalized spacial score (nSPS) is 18.4. The molecule has 0 aromatic heterocycles. The van der Waals surface area contributed by atoms with Gasteiger partial charge in [0, 0.05) is 43.0 Å². The minimum absolute atomic E-state index is 0.0103. The Morgan fingerprint density at radius 1 is 1.36 bits per heavy atom. The predicted molar refractivity (Wildman–Crippen MR) is 88.8 cm³/mol. The molecule has 0 bridgehead atoms. The van der Waals surface area contributed by atoms with Gasteiger partial charge >= 0.3 is 0 Å². The number of amides is 1. The molecule has 22 heavy (non-hydrogen) atoms. The van der Waals surface area contributed by atoms with Crippen LogP contribution in [-0.2, 0) is 4.79 Å². The maximum Gasteiger partial charge on any atom is 0.224 e. The molecule has 1 amide bonds. The van der Waals surface area contributed by atoms with E-state index in [1.807, 2.05) is 57.5 Å². The Morgan fingerprint density at radius 2 is 2.18 bits per heavy atom. The minimum atomic E-state index is -0.0975. The van der Waals surface area contributed by atoms with Crippen LogP contribution in [0.5, 0.6) is 5.75 Å². The van der Waals surface area contributed by atoms with Gasteiger partial charge in [-0.3, -0.25) is 4.79 Å². The summed E-state index contributed by atoms with van der Waals surface area (Å²) in [4.78, 5) is 13.7. The van der Waals surface area contributed by atoms with Gasteiger partial charge < -0.3 is 15.0 Å².